The number of halogens is 1. The first-order valence-electron chi connectivity index (χ1n) is 7.32. The number of carbonyl (C=O) groups is 1. The van der Waals surface area contributed by atoms with Crippen molar-refractivity contribution in [1.29, 1.82) is 0 Å². The standard InChI is InChI=1S/C16H17FN4O/c17-13-6-2-1-5-12(13)10-18-15-9-14(19-11-20-15)16(22)21-7-3-4-8-21/h1-2,5-6,9,11H,3-4,7-8,10H2,(H,18,19,20). The highest BCUT2D eigenvalue weighted by Crippen LogP contribution is 2.14. The van der Waals surface area contributed by atoms with Gasteiger partial charge < -0.3 is 10.2 Å². The van der Waals surface area contributed by atoms with Crippen LogP contribution in [0.25, 0.3) is 0 Å². The van der Waals surface area contributed by atoms with Crippen molar-refractivity contribution in [2.45, 2.75) is 19.4 Å². The highest BCUT2D eigenvalue weighted by atomic mass is 19.1. The van der Waals surface area contributed by atoms with Gasteiger partial charge in [0, 0.05) is 31.3 Å². The van der Waals surface area contributed by atoms with Crippen molar-refractivity contribution in [1.82, 2.24) is 14.9 Å². The molecule has 1 N–H and O–H groups in total. The molecular formula is C16H17FN4O. The molecule has 0 atom stereocenters. The number of aromatic nitrogens is 2. The zero-order valence-electron chi connectivity index (χ0n) is 12.1. The van der Waals surface area contributed by atoms with Gasteiger partial charge in [-0.1, -0.05) is 18.2 Å². The molecule has 0 saturated carbocycles. The van der Waals surface area contributed by atoms with E-state index in [1.165, 1.54) is 12.4 Å². The van der Waals surface area contributed by atoms with E-state index in [9.17, 15) is 9.18 Å². The Balaban J connectivity index is 1.68. The minimum atomic E-state index is -0.266. The second-order valence-corrected chi connectivity index (χ2v) is 5.23. The Morgan fingerprint density at radius 3 is 2.77 bits per heavy atom. The van der Waals surface area contributed by atoms with E-state index in [4.69, 9.17) is 0 Å². The molecule has 6 heteroatoms. The van der Waals surface area contributed by atoms with E-state index in [-0.39, 0.29) is 11.7 Å². The van der Waals surface area contributed by atoms with Gasteiger partial charge in [0.05, 0.1) is 0 Å². The van der Waals surface area contributed by atoms with E-state index in [2.05, 4.69) is 15.3 Å². The smallest absolute Gasteiger partial charge is 0.272 e. The molecule has 114 valence electrons. The van der Waals surface area contributed by atoms with Crippen molar-refractivity contribution in [3.63, 3.8) is 0 Å². The molecule has 1 aliphatic heterocycles. The molecule has 0 bridgehead atoms. The van der Waals surface area contributed by atoms with Crippen LogP contribution in [0.2, 0.25) is 0 Å². The van der Waals surface area contributed by atoms with Crippen molar-refractivity contribution in [2.24, 2.45) is 0 Å². The van der Waals surface area contributed by atoms with Crippen molar-refractivity contribution < 1.29 is 9.18 Å². The van der Waals surface area contributed by atoms with Crippen LogP contribution < -0.4 is 5.32 Å². The van der Waals surface area contributed by atoms with Crippen LogP contribution in [-0.2, 0) is 6.54 Å². The van der Waals surface area contributed by atoms with Crippen molar-refractivity contribution in [2.75, 3.05) is 18.4 Å². The normalized spacial score (nSPS) is 14.1. The summed E-state index contributed by atoms with van der Waals surface area (Å²) in [7, 11) is 0. The summed E-state index contributed by atoms with van der Waals surface area (Å²) < 4.78 is 13.6. The van der Waals surface area contributed by atoms with E-state index in [1.54, 1.807) is 29.2 Å². The minimum Gasteiger partial charge on any atom is -0.366 e. The molecule has 1 saturated heterocycles. The van der Waals surface area contributed by atoms with E-state index in [0.29, 0.717) is 23.6 Å². The summed E-state index contributed by atoms with van der Waals surface area (Å²) in [6.07, 6.45) is 3.43. The van der Waals surface area contributed by atoms with Gasteiger partial charge in [0.2, 0.25) is 0 Å². The van der Waals surface area contributed by atoms with Gasteiger partial charge in [0.1, 0.15) is 23.7 Å². The van der Waals surface area contributed by atoms with Gasteiger partial charge in [-0.15, -0.1) is 0 Å². The van der Waals surface area contributed by atoms with Crippen LogP contribution >= 0.6 is 0 Å². The lowest BCUT2D eigenvalue weighted by Gasteiger charge is -2.14. The number of nitrogens with zero attached hydrogens (tertiary/aromatic N) is 3. The Bertz CT molecular complexity index is 671. The molecule has 2 heterocycles. The molecule has 1 amide bonds. The number of hydrogen-bond donors (Lipinski definition) is 1. The van der Waals surface area contributed by atoms with E-state index in [1.807, 2.05) is 0 Å². The van der Waals surface area contributed by atoms with Crippen molar-refractivity contribution in [3.8, 4) is 0 Å². The van der Waals surface area contributed by atoms with Gasteiger partial charge in [0.25, 0.3) is 5.91 Å². The van der Waals surface area contributed by atoms with Gasteiger partial charge in [-0.25, -0.2) is 14.4 Å². The second kappa shape index (κ2) is 6.51. The number of rotatable bonds is 4. The summed E-state index contributed by atoms with van der Waals surface area (Å²) in [5, 5.41) is 3.03. The average molecular weight is 300 g/mol. The maximum Gasteiger partial charge on any atom is 0.272 e. The summed E-state index contributed by atoms with van der Waals surface area (Å²) in [6, 6.07) is 8.17. The maximum atomic E-state index is 13.6. The quantitative estimate of drug-likeness (QED) is 0.942. The van der Waals surface area contributed by atoms with Gasteiger partial charge in [-0.05, 0) is 18.9 Å². The molecule has 1 aromatic heterocycles. The number of likely N-dealkylation sites (tertiary alicyclic amines) is 1. The van der Waals surface area contributed by atoms with Gasteiger partial charge >= 0.3 is 0 Å². The zero-order valence-corrected chi connectivity index (χ0v) is 12.1. The first kappa shape index (κ1) is 14.4. The van der Waals surface area contributed by atoms with Crippen LogP contribution in [-0.4, -0.2) is 33.9 Å². The molecular weight excluding hydrogens is 283 g/mol. The first-order valence-corrected chi connectivity index (χ1v) is 7.32. The van der Waals surface area contributed by atoms with Crippen LogP contribution in [0.4, 0.5) is 10.2 Å². The molecule has 1 aliphatic rings. The lowest BCUT2D eigenvalue weighted by atomic mass is 10.2. The van der Waals surface area contributed by atoms with Crippen LogP contribution in [0.1, 0.15) is 28.9 Å². The van der Waals surface area contributed by atoms with Crippen molar-refractivity contribution >= 4 is 11.7 Å². The summed E-state index contributed by atoms with van der Waals surface area (Å²) in [5.41, 5.74) is 0.918. The predicted octanol–water partition coefficient (Wildman–Crippen LogP) is 2.46. The highest BCUT2D eigenvalue weighted by molar-refractivity contribution is 5.93. The third kappa shape index (κ3) is 3.21. The Hall–Kier alpha value is -2.50. The summed E-state index contributed by atoms with van der Waals surface area (Å²) in [6.45, 7) is 1.86. The second-order valence-electron chi connectivity index (χ2n) is 5.23. The van der Waals surface area contributed by atoms with E-state index >= 15 is 0 Å². The number of amides is 1. The summed E-state index contributed by atoms with van der Waals surface area (Å²) in [5.74, 6) is 0.173. The van der Waals surface area contributed by atoms with Gasteiger partial charge in [-0.3, -0.25) is 4.79 Å². The Morgan fingerprint density at radius 2 is 2.00 bits per heavy atom. The third-order valence-electron chi connectivity index (χ3n) is 3.70. The van der Waals surface area contributed by atoms with Crippen LogP contribution in [0.3, 0.4) is 0 Å². The lowest BCUT2D eigenvalue weighted by molar-refractivity contribution is 0.0787. The number of hydrogen-bond acceptors (Lipinski definition) is 4. The molecule has 2 aromatic rings. The number of anilines is 1. The Kier molecular flexibility index (Phi) is 4.27. The van der Waals surface area contributed by atoms with Gasteiger partial charge in [0.15, 0.2) is 0 Å². The zero-order chi connectivity index (χ0) is 15.4. The molecule has 1 fully saturated rings. The molecule has 0 aliphatic carbocycles. The fourth-order valence-electron chi connectivity index (χ4n) is 2.48. The lowest BCUT2D eigenvalue weighted by Crippen LogP contribution is -2.28. The fourth-order valence-corrected chi connectivity index (χ4v) is 2.48. The average Bonchev–Trinajstić information content (AvgIpc) is 3.08. The molecule has 0 unspecified atom stereocenters. The summed E-state index contributed by atoms with van der Waals surface area (Å²) >= 11 is 0. The largest absolute Gasteiger partial charge is 0.366 e. The maximum absolute atomic E-state index is 13.6. The Labute approximate surface area is 128 Å². The third-order valence-corrected chi connectivity index (χ3v) is 3.70. The molecule has 0 radical (unpaired) electrons. The molecule has 3 rings (SSSR count). The van der Waals surface area contributed by atoms with E-state index < -0.39 is 0 Å². The molecule has 1 aromatic carbocycles. The fraction of sp³-hybridized carbons (Fsp3) is 0.312. The molecule has 5 nitrogen and oxygen atoms in total. The predicted molar refractivity (Wildman–Crippen MR) is 80.9 cm³/mol. The van der Waals surface area contributed by atoms with Crippen molar-refractivity contribution in [3.05, 3.63) is 53.7 Å². The van der Waals surface area contributed by atoms with Gasteiger partial charge in [-0.2, -0.15) is 0 Å². The van der Waals surface area contributed by atoms with Crippen LogP contribution in [0.5, 0.6) is 0 Å². The highest BCUT2D eigenvalue weighted by Gasteiger charge is 2.20. The Morgan fingerprint density at radius 1 is 1.23 bits per heavy atom. The topological polar surface area (TPSA) is 58.1 Å². The number of nitrogens with one attached hydrogen (secondary N) is 1. The van der Waals surface area contributed by atoms with Crippen LogP contribution in [0, 0.1) is 5.82 Å². The first-order chi connectivity index (χ1) is 10.7. The van der Waals surface area contributed by atoms with Crippen LogP contribution in [0.15, 0.2) is 36.7 Å². The minimum absolute atomic E-state index is 0.0751. The summed E-state index contributed by atoms with van der Waals surface area (Å²) in [4.78, 5) is 22.2. The molecule has 0 spiro atoms. The monoisotopic (exact) mass is 300 g/mol. The molecule has 22 heavy (non-hydrogen) atoms. The van der Waals surface area contributed by atoms with E-state index in [0.717, 1.165) is 25.9 Å². The number of benzene rings is 1. The number of carbonyl (C=O) groups excluding carboxylic acids is 1. The SMILES string of the molecule is O=C(c1cc(NCc2ccccc2F)ncn1)N1CCCC1.